The lowest BCUT2D eigenvalue weighted by Gasteiger charge is -2.24. The van der Waals surface area contributed by atoms with Gasteiger partial charge < -0.3 is 5.32 Å². The van der Waals surface area contributed by atoms with Gasteiger partial charge in [-0.3, -0.25) is 9.59 Å². The minimum atomic E-state index is -4.21. The number of aryl methyl sites for hydroxylation is 1. The van der Waals surface area contributed by atoms with E-state index in [2.05, 4.69) is 5.32 Å². The van der Waals surface area contributed by atoms with E-state index in [9.17, 15) is 22.4 Å². The first-order chi connectivity index (χ1) is 15.3. The number of rotatable bonds is 5. The lowest BCUT2D eigenvalue weighted by atomic mass is 10.0. The van der Waals surface area contributed by atoms with Crippen LogP contribution in [0.1, 0.15) is 33.9 Å². The van der Waals surface area contributed by atoms with Crippen LogP contribution in [0.5, 0.6) is 0 Å². The smallest absolute Gasteiger partial charge is 0.267 e. The quantitative estimate of drug-likeness (QED) is 0.641. The number of amides is 2. The zero-order chi connectivity index (χ0) is 22.9. The van der Waals surface area contributed by atoms with Gasteiger partial charge in [-0.25, -0.2) is 17.1 Å². The highest BCUT2D eigenvalue weighted by Gasteiger charge is 2.47. The van der Waals surface area contributed by atoms with Gasteiger partial charge in [0.15, 0.2) is 0 Å². The Balaban J connectivity index is 1.71. The Labute approximate surface area is 185 Å². The van der Waals surface area contributed by atoms with E-state index in [0.717, 1.165) is 9.87 Å². The van der Waals surface area contributed by atoms with E-state index < -0.39 is 39.7 Å². The molecular formula is C24H21FN2O4S. The van der Waals surface area contributed by atoms with Gasteiger partial charge in [0.1, 0.15) is 11.9 Å². The number of nitrogens with one attached hydrogen (secondary N) is 1. The minimum Gasteiger partial charge on any atom is -0.340 e. The highest BCUT2D eigenvalue weighted by Crippen LogP contribution is 2.38. The second-order valence-electron chi connectivity index (χ2n) is 7.65. The van der Waals surface area contributed by atoms with Gasteiger partial charge in [-0.1, -0.05) is 48.0 Å². The number of carbonyl (C=O) groups excluding carboxylic acids is 2. The summed E-state index contributed by atoms with van der Waals surface area (Å²) in [4.78, 5) is 25.9. The highest BCUT2D eigenvalue weighted by atomic mass is 32.2. The predicted molar refractivity (Wildman–Crippen MR) is 117 cm³/mol. The van der Waals surface area contributed by atoms with Gasteiger partial charge in [0.25, 0.3) is 21.8 Å². The number of hydrogen-bond acceptors (Lipinski definition) is 4. The average molecular weight is 453 g/mol. The molecule has 1 heterocycles. The molecule has 2 atom stereocenters. The Bertz CT molecular complexity index is 1240. The Hall–Kier alpha value is -3.52. The number of benzene rings is 3. The number of hydrogen-bond donors (Lipinski definition) is 1. The first-order valence-electron chi connectivity index (χ1n) is 10.0. The molecule has 1 saturated heterocycles. The van der Waals surface area contributed by atoms with Gasteiger partial charge in [-0.2, -0.15) is 0 Å². The first-order valence-corrected chi connectivity index (χ1v) is 11.5. The van der Waals surface area contributed by atoms with Crippen molar-refractivity contribution in [3.8, 4) is 0 Å². The van der Waals surface area contributed by atoms with Crippen LogP contribution in [0.2, 0.25) is 0 Å². The first kappa shape index (κ1) is 21.7. The van der Waals surface area contributed by atoms with Crippen LogP contribution in [0, 0.1) is 12.7 Å². The van der Waals surface area contributed by atoms with Crippen molar-refractivity contribution in [1.82, 2.24) is 9.62 Å². The maximum atomic E-state index is 13.5. The van der Waals surface area contributed by atoms with Crippen LogP contribution >= 0.6 is 0 Å². The van der Waals surface area contributed by atoms with E-state index in [1.165, 1.54) is 36.4 Å². The summed E-state index contributed by atoms with van der Waals surface area (Å²) in [6.45, 7) is 1.83. The van der Waals surface area contributed by atoms with Gasteiger partial charge in [0.05, 0.1) is 10.9 Å². The maximum absolute atomic E-state index is 13.5. The van der Waals surface area contributed by atoms with Gasteiger partial charge >= 0.3 is 0 Å². The van der Waals surface area contributed by atoms with Crippen molar-refractivity contribution in [2.75, 3.05) is 0 Å². The molecule has 0 radical (unpaired) electrons. The van der Waals surface area contributed by atoms with Gasteiger partial charge in [0, 0.05) is 12.0 Å². The molecule has 4 rings (SSSR count). The fourth-order valence-electron chi connectivity index (χ4n) is 3.74. The molecule has 3 aromatic rings. The molecule has 164 valence electrons. The van der Waals surface area contributed by atoms with E-state index in [4.69, 9.17) is 0 Å². The molecule has 0 spiro atoms. The van der Waals surface area contributed by atoms with E-state index in [-0.39, 0.29) is 11.3 Å². The number of carbonyl (C=O) groups is 2. The summed E-state index contributed by atoms with van der Waals surface area (Å²) in [5, 5.41) is 2.65. The Morgan fingerprint density at radius 3 is 2.22 bits per heavy atom. The maximum Gasteiger partial charge on any atom is 0.267 e. The van der Waals surface area contributed by atoms with Gasteiger partial charge in [-0.15, -0.1) is 0 Å². The van der Waals surface area contributed by atoms with Gasteiger partial charge in [-0.05, 0) is 48.9 Å². The molecule has 2 amide bonds. The average Bonchev–Trinajstić information content (AvgIpc) is 3.11. The van der Waals surface area contributed by atoms with Crippen LogP contribution in [0.3, 0.4) is 0 Å². The monoisotopic (exact) mass is 452 g/mol. The van der Waals surface area contributed by atoms with Crippen molar-refractivity contribution in [3.63, 3.8) is 0 Å². The third-order valence-electron chi connectivity index (χ3n) is 5.43. The van der Waals surface area contributed by atoms with Gasteiger partial charge in [0.2, 0.25) is 0 Å². The topological polar surface area (TPSA) is 83.6 Å². The van der Waals surface area contributed by atoms with Crippen LogP contribution in [0.15, 0.2) is 83.8 Å². The number of halogens is 1. The molecule has 3 aromatic carbocycles. The summed E-state index contributed by atoms with van der Waals surface area (Å²) in [6, 6.07) is 17.9. The number of sulfonamides is 1. The van der Waals surface area contributed by atoms with Crippen molar-refractivity contribution in [3.05, 3.63) is 101 Å². The van der Waals surface area contributed by atoms with Crippen molar-refractivity contribution in [2.24, 2.45) is 0 Å². The summed E-state index contributed by atoms with van der Waals surface area (Å²) < 4.78 is 41.1. The van der Waals surface area contributed by atoms with E-state index in [0.29, 0.717) is 11.1 Å². The zero-order valence-electron chi connectivity index (χ0n) is 17.2. The molecule has 8 heteroatoms. The van der Waals surface area contributed by atoms with Crippen molar-refractivity contribution in [2.45, 2.75) is 30.3 Å². The van der Waals surface area contributed by atoms with E-state index in [1.807, 2.05) is 6.92 Å². The fourth-order valence-corrected chi connectivity index (χ4v) is 5.36. The van der Waals surface area contributed by atoms with E-state index in [1.54, 1.807) is 42.5 Å². The Morgan fingerprint density at radius 2 is 1.59 bits per heavy atom. The third-order valence-corrected chi connectivity index (χ3v) is 7.25. The molecule has 32 heavy (non-hydrogen) atoms. The summed E-state index contributed by atoms with van der Waals surface area (Å²) in [5.41, 5.74) is 1.70. The normalized spacial score (nSPS) is 18.6. The largest absolute Gasteiger partial charge is 0.340 e. The molecular weight excluding hydrogens is 431 g/mol. The SMILES string of the molecule is Cc1ccc(S(=O)(=O)N2C(=O)[C@@H](NC(=O)c3ccccc3)C[C@H]2c2ccc(F)cc2)cc1. The zero-order valence-corrected chi connectivity index (χ0v) is 18.1. The lowest BCUT2D eigenvalue weighted by Crippen LogP contribution is -2.43. The van der Waals surface area contributed by atoms with Crippen LogP contribution in [0.4, 0.5) is 4.39 Å². The van der Waals surface area contributed by atoms with Crippen LogP contribution in [-0.4, -0.2) is 30.6 Å². The minimum absolute atomic E-state index is 0.0291. The molecule has 1 fully saturated rings. The Kier molecular flexibility index (Phi) is 5.80. The number of nitrogens with zero attached hydrogens (tertiary/aromatic N) is 1. The standard InChI is InChI=1S/C24H21FN2O4S/c1-16-7-13-20(14-8-16)32(30,31)27-22(17-9-11-19(25)12-10-17)15-21(24(27)29)26-23(28)18-5-3-2-4-6-18/h2-14,21-22H,15H2,1H3,(H,26,28)/t21-,22-/m0/s1. The Morgan fingerprint density at radius 1 is 0.969 bits per heavy atom. The summed E-state index contributed by atoms with van der Waals surface area (Å²) >= 11 is 0. The summed E-state index contributed by atoms with van der Waals surface area (Å²) in [7, 11) is -4.21. The third kappa shape index (κ3) is 4.13. The molecule has 0 aromatic heterocycles. The summed E-state index contributed by atoms with van der Waals surface area (Å²) in [5.74, 6) is -1.68. The van der Waals surface area contributed by atoms with Crippen LogP contribution in [0.25, 0.3) is 0 Å². The van der Waals surface area contributed by atoms with Crippen LogP contribution in [-0.2, 0) is 14.8 Å². The fraction of sp³-hybridized carbons (Fsp3) is 0.167. The van der Waals surface area contributed by atoms with Crippen molar-refractivity contribution < 1.29 is 22.4 Å². The predicted octanol–water partition coefficient (Wildman–Crippen LogP) is 3.60. The molecule has 0 aliphatic carbocycles. The molecule has 1 N–H and O–H groups in total. The molecule has 1 aliphatic heterocycles. The van der Waals surface area contributed by atoms with Crippen molar-refractivity contribution in [1.29, 1.82) is 0 Å². The molecule has 0 saturated carbocycles. The molecule has 0 unspecified atom stereocenters. The molecule has 6 nitrogen and oxygen atoms in total. The van der Waals surface area contributed by atoms with E-state index >= 15 is 0 Å². The summed E-state index contributed by atoms with van der Waals surface area (Å²) in [6.07, 6.45) is 0.0358. The molecule has 1 aliphatic rings. The highest BCUT2D eigenvalue weighted by molar-refractivity contribution is 7.89. The second kappa shape index (κ2) is 8.55. The lowest BCUT2D eigenvalue weighted by molar-refractivity contribution is -0.126. The van der Waals surface area contributed by atoms with Crippen LogP contribution < -0.4 is 5.32 Å². The molecule has 0 bridgehead atoms. The van der Waals surface area contributed by atoms with Crippen molar-refractivity contribution >= 4 is 21.8 Å². The second-order valence-corrected chi connectivity index (χ2v) is 9.46.